The second-order valence-corrected chi connectivity index (χ2v) is 6.22. The maximum atomic E-state index is 12.1. The predicted molar refractivity (Wildman–Crippen MR) is 74.3 cm³/mol. The van der Waals surface area contributed by atoms with E-state index < -0.39 is 0 Å². The smallest absolute Gasteiger partial charge is 0.225 e. The van der Waals surface area contributed by atoms with Crippen LogP contribution < -0.4 is 5.32 Å². The maximum Gasteiger partial charge on any atom is 0.225 e. The molecule has 0 aromatic heterocycles. The van der Waals surface area contributed by atoms with E-state index in [2.05, 4.69) is 29.6 Å². The van der Waals surface area contributed by atoms with Gasteiger partial charge in [0.15, 0.2) is 0 Å². The first-order chi connectivity index (χ1) is 8.48. The third-order valence-electron chi connectivity index (χ3n) is 3.61. The average Bonchev–Trinajstić information content (AvgIpc) is 2.51. The Balaban J connectivity index is 2.21. The van der Waals surface area contributed by atoms with Gasteiger partial charge in [0.2, 0.25) is 5.91 Å². The van der Waals surface area contributed by atoms with Crippen molar-refractivity contribution in [3.8, 4) is 0 Å². The van der Waals surface area contributed by atoms with Crippen molar-refractivity contribution >= 4 is 5.91 Å². The molecule has 1 aliphatic rings. The summed E-state index contributed by atoms with van der Waals surface area (Å²) in [5.41, 5.74) is 2.39. The third kappa shape index (κ3) is 2.92. The molecule has 2 rings (SSSR count). The lowest BCUT2D eigenvalue weighted by atomic mass is 9.93. The molecule has 2 nitrogen and oxygen atoms in total. The first-order valence-electron chi connectivity index (χ1n) is 6.87. The van der Waals surface area contributed by atoms with Crippen LogP contribution in [0.3, 0.4) is 0 Å². The molecule has 0 radical (unpaired) electrons. The number of rotatable bonds is 1. The van der Waals surface area contributed by atoms with Crippen molar-refractivity contribution in [2.75, 3.05) is 0 Å². The van der Waals surface area contributed by atoms with Gasteiger partial charge in [-0.2, -0.15) is 0 Å². The zero-order chi connectivity index (χ0) is 13.2. The van der Waals surface area contributed by atoms with E-state index >= 15 is 0 Å². The number of fused-ring (bicyclic) bond motifs is 1. The zero-order valence-electron chi connectivity index (χ0n) is 11.6. The van der Waals surface area contributed by atoms with Gasteiger partial charge in [-0.05, 0) is 30.4 Å². The van der Waals surface area contributed by atoms with Gasteiger partial charge in [0.05, 0.1) is 6.04 Å². The first-order valence-corrected chi connectivity index (χ1v) is 6.87. The van der Waals surface area contributed by atoms with Crippen molar-refractivity contribution in [2.45, 2.75) is 52.5 Å². The van der Waals surface area contributed by atoms with E-state index in [1.807, 2.05) is 20.8 Å². The fourth-order valence-electron chi connectivity index (χ4n) is 2.45. The summed E-state index contributed by atoms with van der Waals surface area (Å²) in [5.74, 6) is 0.143. The van der Waals surface area contributed by atoms with Gasteiger partial charge in [0, 0.05) is 5.41 Å². The molecule has 18 heavy (non-hydrogen) atoms. The molecule has 0 spiro atoms. The minimum atomic E-state index is -0.318. The van der Waals surface area contributed by atoms with Crippen LogP contribution in [0.1, 0.15) is 57.2 Å². The summed E-state index contributed by atoms with van der Waals surface area (Å²) in [4.78, 5) is 12.1. The van der Waals surface area contributed by atoms with Gasteiger partial charge in [-0.1, -0.05) is 51.5 Å². The van der Waals surface area contributed by atoms with Gasteiger partial charge in [-0.3, -0.25) is 4.79 Å². The van der Waals surface area contributed by atoms with Crippen molar-refractivity contribution in [3.63, 3.8) is 0 Å². The topological polar surface area (TPSA) is 29.1 Å². The molecule has 2 heteroatoms. The summed E-state index contributed by atoms with van der Waals surface area (Å²) >= 11 is 0. The van der Waals surface area contributed by atoms with Crippen LogP contribution in [0, 0.1) is 5.41 Å². The highest BCUT2D eigenvalue weighted by molar-refractivity contribution is 5.81. The predicted octanol–water partition coefficient (Wildman–Crippen LogP) is 3.62. The second-order valence-electron chi connectivity index (χ2n) is 6.22. The zero-order valence-corrected chi connectivity index (χ0v) is 11.6. The average molecular weight is 245 g/mol. The fourth-order valence-corrected chi connectivity index (χ4v) is 2.45. The summed E-state index contributed by atoms with van der Waals surface area (Å²) in [6, 6.07) is 8.70. The minimum Gasteiger partial charge on any atom is -0.349 e. The molecule has 0 aliphatic heterocycles. The Bertz CT molecular complexity index is 431. The molecule has 1 N–H and O–H groups in total. The summed E-state index contributed by atoms with van der Waals surface area (Å²) in [6.45, 7) is 5.89. The van der Waals surface area contributed by atoms with E-state index in [1.165, 1.54) is 24.0 Å². The highest BCUT2D eigenvalue weighted by atomic mass is 16.2. The Kier molecular flexibility index (Phi) is 3.74. The molecule has 1 aromatic rings. The van der Waals surface area contributed by atoms with E-state index in [0.29, 0.717) is 0 Å². The molecule has 1 aliphatic carbocycles. The summed E-state index contributed by atoms with van der Waals surface area (Å²) in [7, 11) is 0. The van der Waals surface area contributed by atoms with Crippen LogP contribution in [-0.4, -0.2) is 5.91 Å². The van der Waals surface area contributed by atoms with Crippen LogP contribution in [0.2, 0.25) is 0 Å². The molecular weight excluding hydrogens is 222 g/mol. The van der Waals surface area contributed by atoms with Gasteiger partial charge in [0.1, 0.15) is 0 Å². The highest BCUT2D eigenvalue weighted by Gasteiger charge is 2.26. The SMILES string of the molecule is CC(C)(C)C(=O)N[C@@H]1CCCCc2ccccc21. The molecule has 0 saturated carbocycles. The normalized spacial score (nSPS) is 19.8. The Morgan fingerprint density at radius 1 is 1.22 bits per heavy atom. The molecule has 0 heterocycles. The van der Waals surface area contributed by atoms with E-state index in [4.69, 9.17) is 0 Å². The van der Waals surface area contributed by atoms with E-state index in [9.17, 15) is 4.79 Å². The molecule has 1 amide bonds. The summed E-state index contributed by atoms with van der Waals surface area (Å²) in [6.07, 6.45) is 4.60. The van der Waals surface area contributed by atoms with E-state index in [0.717, 1.165) is 12.8 Å². The molecule has 1 aromatic carbocycles. The van der Waals surface area contributed by atoms with Crippen molar-refractivity contribution in [2.24, 2.45) is 5.41 Å². The number of benzene rings is 1. The van der Waals surface area contributed by atoms with Gasteiger partial charge in [-0.25, -0.2) is 0 Å². The van der Waals surface area contributed by atoms with Crippen LogP contribution in [0.4, 0.5) is 0 Å². The Hall–Kier alpha value is -1.31. The molecule has 0 unspecified atom stereocenters. The van der Waals surface area contributed by atoms with Crippen molar-refractivity contribution in [1.82, 2.24) is 5.32 Å². The lowest BCUT2D eigenvalue weighted by molar-refractivity contribution is -0.129. The standard InChI is InChI=1S/C16H23NO/c1-16(2,3)15(18)17-14-11-7-5-9-12-8-4-6-10-13(12)14/h4,6,8,10,14H,5,7,9,11H2,1-3H3,(H,17,18)/t14-/m1/s1. The quantitative estimate of drug-likeness (QED) is 0.752. The third-order valence-corrected chi connectivity index (χ3v) is 3.61. The number of amides is 1. The second kappa shape index (κ2) is 5.13. The molecular formula is C16H23NO. The minimum absolute atomic E-state index is 0.143. The number of hydrogen-bond donors (Lipinski definition) is 1. The fraction of sp³-hybridized carbons (Fsp3) is 0.562. The van der Waals surface area contributed by atoms with Gasteiger partial charge < -0.3 is 5.32 Å². The summed E-state index contributed by atoms with van der Waals surface area (Å²) < 4.78 is 0. The van der Waals surface area contributed by atoms with Crippen molar-refractivity contribution in [1.29, 1.82) is 0 Å². The van der Waals surface area contributed by atoms with Crippen molar-refractivity contribution < 1.29 is 4.79 Å². The van der Waals surface area contributed by atoms with Crippen LogP contribution in [0.5, 0.6) is 0 Å². The van der Waals surface area contributed by atoms with Crippen molar-refractivity contribution in [3.05, 3.63) is 35.4 Å². The first kappa shape index (κ1) is 13.1. The molecule has 0 saturated heterocycles. The number of aryl methyl sites for hydroxylation is 1. The van der Waals surface area contributed by atoms with Gasteiger partial charge in [0.25, 0.3) is 0 Å². The largest absolute Gasteiger partial charge is 0.349 e. The number of hydrogen-bond acceptors (Lipinski definition) is 1. The monoisotopic (exact) mass is 245 g/mol. The highest BCUT2D eigenvalue weighted by Crippen LogP contribution is 2.29. The summed E-state index contributed by atoms with van der Waals surface area (Å²) in [5, 5.41) is 3.22. The van der Waals surface area contributed by atoms with Crippen LogP contribution in [-0.2, 0) is 11.2 Å². The van der Waals surface area contributed by atoms with Crippen LogP contribution in [0.25, 0.3) is 0 Å². The van der Waals surface area contributed by atoms with Gasteiger partial charge in [-0.15, -0.1) is 0 Å². The molecule has 98 valence electrons. The number of carbonyl (C=O) groups is 1. The number of nitrogens with one attached hydrogen (secondary N) is 1. The van der Waals surface area contributed by atoms with Crippen LogP contribution in [0.15, 0.2) is 24.3 Å². The molecule has 0 bridgehead atoms. The molecule has 0 fully saturated rings. The lowest BCUT2D eigenvalue weighted by Crippen LogP contribution is -2.37. The van der Waals surface area contributed by atoms with E-state index in [-0.39, 0.29) is 17.4 Å². The Morgan fingerprint density at radius 3 is 2.67 bits per heavy atom. The van der Waals surface area contributed by atoms with E-state index in [1.54, 1.807) is 0 Å². The lowest BCUT2D eigenvalue weighted by Gasteiger charge is -2.24. The van der Waals surface area contributed by atoms with Crippen LogP contribution >= 0.6 is 0 Å². The number of carbonyl (C=O) groups excluding carboxylic acids is 1. The maximum absolute atomic E-state index is 12.1. The Labute approximate surface area is 110 Å². The molecule has 1 atom stereocenters. The van der Waals surface area contributed by atoms with Gasteiger partial charge >= 0.3 is 0 Å². The Morgan fingerprint density at radius 2 is 1.94 bits per heavy atom.